The fraction of sp³-hybridized carbons (Fsp3) is 0.889. The predicted molar refractivity (Wildman–Crippen MR) is 42.6 cm³/mol. The number of fused-ring (bicyclic) bond motifs is 1. The van der Waals surface area contributed by atoms with Gasteiger partial charge in [-0.2, -0.15) is 0 Å². The lowest BCUT2D eigenvalue weighted by Gasteiger charge is -2.12. The van der Waals surface area contributed by atoms with E-state index < -0.39 is 0 Å². The van der Waals surface area contributed by atoms with E-state index in [0.717, 1.165) is 6.42 Å². The van der Waals surface area contributed by atoms with Gasteiger partial charge in [-0.15, -0.1) is 0 Å². The highest BCUT2D eigenvalue weighted by Gasteiger charge is 2.49. The normalized spacial score (nSPS) is 46.7. The molecule has 2 fully saturated rings. The second kappa shape index (κ2) is 2.82. The van der Waals surface area contributed by atoms with E-state index in [1.54, 1.807) is 7.11 Å². The molecule has 1 saturated heterocycles. The van der Waals surface area contributed by atoms with Crippen LogP contribution in [0.15, 0.2) is 0 Å². The van der Waals surface area contributed by atoms with Crippen LogP contribution in [0.4, 0.5) is 0 Å². The molecule has 0 spiro atoms. The van der Waals surface area contributed by atoms with Crippen LogP contribution in [-0.2, 0) is 14.3 Å². The van der Waals surface area contributed by atoms with Gasteiger partial charge in [-0.1, -0.05) is 0 Å². The smallest absolute Gasteiger partial charge is 0.167 e. The molecule has 1 aliphatic heterocycles. The first-order valence-corrected chi connectivity index (χ1v) is 4.45. The highest BCUT2D eigenvalue weighted by atomic mass is 16.7. The average molecular weight is 170 g/mol. The summed E-state index contributed by atoms with van der Waals surface area (Å²) < 4.78 is 10.6. The average Bonchev–Trinajstić information content (AvgIpc) is 2.56. The molecule has 0 aromatic rings. The van der Waals surface area contributed by atoms with Crippen molar-refractivity contribution in [1.82, 2.24) is 0 Å². The number of hydrogen-bond donors (Lipinski definition) is 0. The molecule has 0 N–H and O–H groups in total. The molecule has 2 aliphatic rings. The Morgan fingerprint density at radius 1 is 1.58 bits per heavy atom. The summed E-state index contributed by atoms with van der Waals surface area (Å²) in [5.41, 5.74) is 0. The molecule has 0 bridgehead atoms. The highest BCUT2D eigenvalue weighted by molar-refractivity contribution is 5.84. The molecule has 1 heterocycles. The van der Waals surface area contributed by atoms with Gasteiger partial charge in [0.1, 0.15) is 5.78 Å². The van der Waals surface area contributed by atoms with E-state index in [0.29, 0.717) is 18.1 Å². The van der Waals surface area contributed by atoms with Gasteiger partial charge in [-0.25, -0.2) is 0 Å². The Morgan fingerprint density at radius 2 is 2.33 bits per heavy atom. The molecule has 1 aliphatic carbocycles. The molecule has 0 amide bonds. The highest BCUT2D eigenvalue weighted by Crippen LogP contribution is 2.42. The Hall–Kier alpha value is -0.410. The fourth-order valence-electron chi connectivity index (χ4n) is 2.37. The number of carbonyl (C=O) groups excluding carboxylic acids is 1. The molecule has 4 atom stereocenters. The number of Topliss-reactive ketones (excluding diaryl/α,β-unsaturated/α-hetero) is 1. The molecular weight excluding hydrogens is 156 g/mol. The third kappa shape index (κ3) is 1.00. The second-order valence-electron chi connectivity index (χ2n) is 3.64. The van der Waals surface area contributed by atoms with Crippen LogP contribution in [0.3, 0.4) is 0 Å². The number of ketones is 1. The van der Waals surface area contributed by atoms with E-state index in [-0.39, 0.29) is 18.3 Å². The Morgan fingerprint density at radius 3 is 3.00 bits per heavy atom. The Bertz CT molecular complexity index is 202. The van der Waals surface area contributed by atoms with Crippen LogP contribution in [0.1, 0.15) is 19.8 Å². The molecule has 0 unspecified atom stereocenters. The molecule has 0 radical (unpaired) electrons. The van der Waals surface area contributed by atoms with Crippen molar-refractivity contribution in [1.29, 1.82) is 0 Å². The van der Waals surface area contributed by atoms with E-state index in [1.165, 1.54) is 0 Å². The van der Waals surface area contributed by atoms with Gasteiger partial charge in [0.25, 0.3) is 0 Å². The summed E-state index contributed by atoms with van der Waals surface area (Å²) in [7, 11) is 1.60. The number of ether oxygens (including phenoxy) is 2. The molecule has 0 aromatic heterocycles. The third-order valence-corrected chi connectivity index (χ3v) is 3.03. The first kappa shape index (κ1) is 8.20. The lowest BCUT2D eigenvalue weighted by Crippen LogP contribution is -2.24. The standard InChI is InChI=1S/C9H14O3/c1-5-6-3-4-7(10)8(6)9(11-2)12-5/h5-6,8-9H,3-4H2,1-2H3/t5-,6+,8-,9+/m1/s1. The molecule has 12 heavy (non-hydrogen) atoms. The van der Waals surface area contributed by atoms with Gasteiger partial charge in [-0.3, -0.25) is 4.79 Å². The maximum absolute atomic E-state index is 11.4. The Kier molecular flexibility index (Phi) is 1.93. The van der Waals surface area contributed by atoms with Gasteiger partial charge in [0.05, 0.1) is 12.0 Å². The van der Waals surface area contributed by atoms with Crippen LogP contribution in [0, 0.1) is 11.8 Å². The van der Waals surface area contributed by atoms with Crippen molar-refractivity contribution in [3.05, 3.63) is 0 Å². The minimum atomic E-state index is -0.278. The summed E-state index contributed by atoms with van der Waals surface area (Å²) in [6.07, 6.45) is 1.60. The van der Waals surface area contributed by atoms with Crippen molar-refractivity contribution < 1.29 is 14.3 Å². The molecular formula is C9H14O3. The quantitative estimate of drug-likeness (QED) is 0.588. The van der Waals surface area contributed by atoms with Crippen molar-refractivity contribution in [2.75, 3.05) is 7.11 Å². The largest absolute Gasteiger partial charge is 0.355 e. The van der Waals surface area contributed by atoms with Crippen molar-refractivity contribution in [2.45, 2.75) is 32.2 Å². The van der Waals surface area contributed by atoms with Gasteiger partial charge in [0.15, 0.2) is 6.29 Å². The zero-order chi connectivity index (χ0) is 8.72. The van der Waals surface area contributed by atoms with Crippen molar-refractivity contribution >= 4 is 5.78 Å². The van der Waals surface area contributed by atoms with Gasteiger partial charge in [-0.05, 0) is 19.3 Å². The molecule has 3 heteroatoms. The minimum Gasteiger partial charge on any atom is -0.355 e. The summed E-state index contributed by atoms with van der Waals surface area (Å²) in [6, 6.07) is 0. The van der Waals surface area contributed by atoms with Gasteiger partial charge < -0.3 is 9.47 Å². The summed E-state index contributed by atoms with van der Waals surface area (Å²) in [4.78, 5) is 11.4. The van der Waals surface area contributed by atoms with Crippen LogP contribution in [0.25, 0.3) is 0 Å². The van der Waals surface area contributed by atoms with E-state index in [4.69, 9.17) is 9.47 Å². The first-order chi connectivity index (χ1) is 5.74. The fourth-order valence-corrected chi connectivity index (χ4v) is 2.37. The zero-order valence-electron chi connectivity index (χ0n) is 7.45. The van der Waals surface area contributed by atoms with Crippen LogP contribution < -0.4 is 0 Å². The number of carbonyl (C=O) groups is 1. The van der Waals surface area contributed by atoms with Gasteiger partial charge >= 0.3 is 0 Å². The maximum atomic E-state index is 11.4. The van der Waals surface area contributed by atoms with Gasteiger partial charge in [0, 0.05) is 13.5 Å². The Labute approximate surface area is 72.0 Å². The molecule has 0 aromatic carbocycles. The second-order valence-corrected chi connectivity index (χ2v) is 3.64. The molecule has 1 saturated carbocycles. The third-order valence-electron chi connectivity index (χ3n) is 3.03. The number of rotatable bonds is 1. The summed E-state index contributed by atoms with van der Waals surface area (Å²) in [5, 5.41) is 0. The number of hydrogen-bond acceptors (Lipinski definition) is 3. The van der Waals surface area contributed by atoms with E-state index in [9.17, 15) is 4.79 Å². The summed E-state index contributed by atoms with van der Waals surface area (Å²) in [5.74, 6) is 0.739. The first-order valence-electron chi connectivity index (χ1n) is 4.45. The summed E-state index contributed by atoms with van der Waals surface area (Å²) in [6.45, 7) is 2.02. The topological polar surface area (TPSA) is 35.5 Å². The van der Waals surface area contributed by atoms with Crippen molar-refractivity contribution in [2.24, 2.45) is 11.8 Å². The maximum Gasteiger partial charge on any atom is 0.167 e. The monoisotopic (exact) mass is 170 g/mol. The van der Waals surface area contributed by atoms with E-state index in [2.05, 4.69) is 0 Å². The minimum absolute atomic E-state index is 0.0185. The van der Waals surface area contributed by atoms with Crippen LogP contribution in [-0.4, -0.2) is 25.3 Å². The van der Waals surface area contributed by atoms with Crippen LogP contribution in [0.5, 0.6) is 0 Å². The predicted octanol–water partition coefficient (Wildman–Crippen LogP) is 0.973. The van der Waals surface area contributed by atoms with Crippen LogP contribution >= 0.6 is 0 Å². The SMILES string of the molecule is CO[C@H]1O[C@H](C)[C@@H]2CCC(=O)[C@H]12. The molecule has 2 rings (SSSR count). The summed E-state index contributed by atoms with van der Waals surface area (Å²) >= 11 is 0. The lowest BCUT2D eigenvalue weighted by molar-refractivity contribution is -0.146. The van der Waals surface area contributed by atoms with Crippen molar-refractivity contribution in [3.63, 3.8) is 0 Å². The van der Waals surface area contributed by atoms with E-state index >= 15 is 0 Å². The Balaban J connectivity index is 2.18. The van der Waals surface area contributed by atoms with E-state index in [1.807, 2.05) is 6.92 Å². The van der Waals surface area contributed by atoms with Crippen LogP contribution in [0.2, 0.25) is 0 Å². The molecule has 3 nitrogen and oxygen atoms in total. The number of methoxy groups -OCH3 is 1. The van der Waals surface area contributed by atoms with Gasteiger partial charge in [0.2, 0.25) is 0 Å². The van der Waals surface area contributed by atoms with Crippen molar-refractivity contribution in [3.8, 4) is 0 Å². The molecule has 68 valence electrons. The zero-order valence-corrected chi connectivity index (χ0v) is 7.45. The lowest BCUT2D eigenvalue weighted by atomic mass is 9.94.